The summed E-state index contributed by atoms with van der Waals surface area (Å²) in [4.78, 5) is 25.3. The zero-order valence-electron chi connectivity index (χ0n) is 16.0. The summed E-state index contributed by atoms with van der Waals surface area (Å²) in [6.07, 6.45) is 9.43. The number of carbonyl (C=O) groups is 2. The number of amides is 1. The molecule has 5 nitrogen and oxygen atoms in total. The minimum atomic E-state index is -0.248. The second-order valence-corrected chi connectivity index (χ2v) is 9.68. The molecule has 3 rings (SSSR count). The van der Waals surface area contributed by atoms with Crippen molar-refractivity contribution >= 4 is 27.8 Å². The predicted molar refractivity (Wildman–Crippen MR) is 105 cm³/mol. The third-order valence-corrected chi connectivity index (χ3v) is 7.93. The Morgan fingerprint density at radius 2 is 1.96 bits per heavy atom. The van der Waals surface area contributed by atoms with Crippen molar-refractivity contribution in [1.29, 1.82) is 0 Å². The van der Waals surface area contributed by atoms with Crippen molar-refractivity contribution in [3.8, 4) is 0 Å². The van der Waals surface area contributed by atoms with Crippen molar-refractivity contribution in [1.82, 2.24) is 10.6 Å². The van der Waals surface area contributed by atoms with Gasteiger partial charge in [-0.2, -0.15) is 0 Å². The van der Waals surface area contributed by atoms with Crippen molar-refractivity contribution in [2.45, 2.75) is 87.7 Å². The van der Waals surface area contributed by atoms with Crippen molar-refractivity contribution in [2.24, 2.45) is 17.8 Å². The maximum atomic E-state index is 13.0. The van der Waals surface area contributed by atoms with Crippen LogP contribution >= 0.6 is 15.9 Å². The van der Waals surface area contributed by atoms with Crippen LogP contribution in [0.3, 0.4) is 0 Å². The Labute approximate surface area is 165 Å². The minimum Gasteiger partial charge on any atom is -0.469 e. The van der Waals surface area contributed by atoms with E-state index in [1.165, 1.54) is 32.8 Å². The van der Waals surface area contributed by atoms with E-state index in [1.807, 2.05) is 0 Å². The molecule has 3 aliphatic rings. The van der Waals surface area contributed by atoms with E-state index in [0.29, 0.717) is 22.7 Å². The number of rotatable bonds is 5. The third kappa shape index (κ3) is 4.61. The zero-order chi connectivity index (χ0) is 18.7. The molecule has 2 aliphatic carbocycles. The number of alkyl halides is 1. The number of fused-ring (bicyclic) bond motifs is 1. The molecule has 7 atom stereocenters. The molecule has 1 saturated heterocycles. The minimum absolute atomic E-state index is 0.0609. The number of nitrogens with one attached hydrogen (secondary N) is 2. The van der Waals surface area contributed by atoms with Crippen LogP contribution in [-0.2, 0) is 14.3 Å². The molecule has 0 radical (unpaired) electrons. The lowest BCUT2D eigenvalue weighted by Crippen LogP contribution is -2.52. The van der Waals surface area contributed by atoms with E-state index < -0.39 is 0 Å². The molecule has 6 heteroatoms. The number of hydrogen-bond acceptors (Lipinski definition) is 4. The molecule has 7 unspecified atom stereocenters. The lowest BCUT2D eigenvalue weighted by atomic mass is 9.78. The number of ether oxygens (including phenoxy) is 1. The van der Waals surface area contributed by atoms with E-state index in [0.717, 1.165) is 25.7 Å². The maximum Gasteiger partial charge on any atom is 0.307 e. The zero-order valence-corrected chi connectivity index (χ0v) is 17.6. The summed E-state index contributed by atoms with van der Waals surface area (Å²) in [5.74, 6) is 1.36. The van der Waals surface area contributed by atoms with E-state index in [9.17, 15) is 9.59 Å². The van der Waals surface area contributed by atoms with Crippen LogP contribution in [0.4, 0.5) is 0 Å². The highest BCUT2D eigenvalue weighted by atomic mass is 79.9. The Morgan fingerprint density at radius 1 is 1.19 bits per heavy atom. The van der Waals surface area contributed by atoms with E-state index in [4.69, 9.17) is 4.74 Å². The average Bonchev–Trinajstić information content (AvgIpc) is 3.07. The van der Waals surface area contributed by atoms with Crippen LogP contribution in [0.2, 0.25) is 0 Å². The first-order valence-corrected chi connectivity index (χ1v) is 11.2. The van der Waals surface area contributed by atoms with E-state index >= 15 is 0 Å². The summed E-state index contributed by atoms with van der Waals surface area (Å²) in [7, 11) is 1.41. The summed E-state index contributed by atoms with van der Waals surface area (Å²) in [6, 6.07) is 0.196. The Morgan fingerprint density at radius 3 is 2.65 bits per heavy atom. The molecule has 26 heavy (non-hydrogen) atoms. The number of hydrogen-bond donors (Lipinski definition) is 2. The van der Waals surface area contributed by atoms with Gasteiger partial charge in [-0.05, 0) is 49.9 Å². The van der Waals surface area contributed by atoms with Gasteiger partial charge >= 0.3 is 5.97 Å². The SMILES string of the molecule is COC(=O)CC(NC(=O)C1CC2CCCC(C)C2N1)C1CCCCC1Br. The van der Waals surface area contributed by atoms with Gasteiger partial charge in [0.2, 0.25) is 5.91 Å². The van der Waals surface area contributed by atoms with Gasteiger partial charge in [0.05, 0.1) is 19.6 Å². The normalized spacial score (nSPS) is 38.3. The highest BCUT2D eigenvalue weighted by molar-refractivity contribution is 9.09. The lowest BCUT2D eigenvalue weighted by molar-refractivity contribution is -0.141. The molecule has 2 saturated carbocycles. The molecule has 0 aromatic carbocycles. The molecule has 1 amide bonds. The second kappa shape index (κ2) is 9.05. The number of halogens is 1. The Hall–Kier alpha value is -0.620. The van der Waals surface area contributed by atoms with E-state index in [-0.39, 0.29) is 36.3 Å². The fourth-order valence-corrected chi connectivity index (χ4v) is 6.26. The van der Waals surface area contributed by atoms with Crippen LogP contribution in [0, 0.1) is 17.8 Å². The topological polar surface area (TPSA) is 67.4 Å². The van der Waals surface area contributed by atoms with Crippen LogP contribution in [0.1, 0.15) is 64.7 Å². The summed E-state index contributed by atoms with van der Waals surface area (Å²) < 4.78 is 4.88. The van der Waals surface area contributed by atoms with Gasteiger partial charge in [-0.3, -0.25) is 9.59 Å². The van der Waals surface area contributed by atoms with E-state index in [2.05, 4.69) is 33.5 Å². The first-order chi connectivity index (χ1) is 12.5. The van der Waals surface area contributed by atoms with Crippen molar-refractivity contribution in [3.63, 3.8) is 0 Å². The van der Waals surface area contributed by atoms with Crippen LogP contribution in [0.15, 0.2) is 0 Å². The van der Waals surface area contributed by atoms with Gasteiger partial charge < -0.3 is 15.4 Å². The largest absolute Gasteiger partial charge is 0.469 e. The fraction of sp³-hybridized carbons (Fsp3) is 0.900. The van der Waals surface area contributed by atoms with Crippen molar-refractivity contribution < 1.29 is 14.3 Å². The maximum absolute atomic E-state index is 13.0. The highest BCUT2D eigenvalue weighted by Gasteiger charge is 2.42. The van der Waals surface area contributed by atoms with Gasteiger partial charge in [0.15, 0.2) is 0 Å². The van der Waals surface area contributed by atoms with Gasteiger partial charge in [0.25, 0.3) is 0 Å². The van der Waals surface area contributed by atoms with Gasteiger partial charge in [-0.15, -0.1) is 0 Å². The van der Waals surface area contributed by atoms with Crippen LogP contribution < -0.4 is 10.6 Å². The monoisotopic (exact) mass is 428 g/mol. The molecular formula is C20H33BrN2O3. The van der Waals surface area contributed by atoms with Gasteiger partial charge in [0, 0.05) is 16.9 Å². The fourth-order valence-electron chi connectivity index (χ4n) is 5.30. The molecule has 1 heterocycles. The van der Waals surface area contributed by atoms with E-state index in [1.54, 1.807) is 0 Å². The number of methoxy groups -OCH3 is 1. The standard InChI is InChI=1S/C20H33BrN2O3/c1-12-6-5-7-13-10-17(22-19(12)13)20(25)23-16(11-18(24)26-2)14-8-3-4-9-15(14)21/h12-17,19,22H,3-11H2,1-2H3,(H,23,25). The van der Waals surface area contributed by atoms with Gasteiger partial charge in [-0.25, -0.2) is 0 Å². The molecule has 0 aromatic rings. The Bertz CT molecular complexity index is 515. The van der Waals surface area contributed by atoms with Gasteiger partial charge in [-0.1, -0.05) is 42.1 Å². The average molecular weight is 429 g/mol. The van der Waals surface area contributed by atoms with Crippen molar-refractivity contribution in [3.05, 3.63) is 0 Å². The summed E-state index contributed by atoms with van der Waals surface area (Å²) in [5.41, 5.74) is 0. The first kappa shape index (κ1) is 20.1. The van der Waals surface area contributed by atoms with Crippen LogP contribution in [-0.4, -0.2) is 41.9 Å². The molecule has 0 bridgehead atoms. The van der Waals surface area contributed by atoms with Crippen molar-refractivity contribution in [2.75, 3.05) is 7.11 Å². The molecular weight excluding hydrogens is 396 g/mol. The smallest absolute Gasteiger partial charge is 0.307 e. The Balaban J connectivity index is 1.64. The van der Waals surface area contributed by atoms with Gasteiger partial charge in [0.1, 0.15) is 0 Å². The van der Waals surface area contributed by atoms with Crippen LogP contribution in [0.25, 0.3) is 0 Å². The molecule has 2 N–H and O–H groups in total. The second-order valence-electron chi connectivity index (χ2n) is 8.51. The summed E-state index contributed by atoms with van der Waals surface area (Å²) >= 11 is 3.78. The third-order valence-electron chi connectivity index (χ3n) is 6.79. The molecule has 148 valence electrons. The molecule has 1 aliphatic heterocycles. The quantitative estimate of drug-likeness (QED) is 0.521. The van der Waals surface area contributed by atoms with Crippen LogP contribution in [0.5, 0.6) is 0 Å². The molecule has 0 spiro atoms. The predicted octanol–water partition coefficient (Wildman–Crippen LogP) is 3.15. The summed E-state index contributed by atoms with van der Waals surface area (Å²) in [6.45, 7) is 2.29. The summed E-state index contributed by atoms with van der Waals surface area (Å²) in [5, 5.41) is 6.81. The molecule has 3 fully saturated rings. The first-order valence-electron chi connectivity index (χ1n) is 10.3. The number of esters is 1. The lowest BCUT2D eigenvalue weighted by Gasteiger charge is -2.35. The number of carbonyl (C=O) groups excluding carboxylic acids is 2. The highest BCUT2D eigenvalue weighted by Crippen LogP contribution is 2.37. The Kier molecular flexibility index (Phi) is 7.00. The molecule has 0 aromatic heterocycles.